The van der Waals surface area contributed by atoms with Crippen molar-refractivity contribution in [3.63, 3.8) is 0 Å². The van der Waals surface area contributed by atoms with E-state index < -0.39 is 0 Å². The number of imidazole rings is 1. The van der Waals surface area contributed by atoms with Gasteiger partial charge in [0, 0.05) is 31.1 Å². The maximum absolute atomic E-state index is 5.41. The van der Waals surface area contributed by atoms with Crippen molar-refractivity contribution in [1.29, 1.82) is 0 Å². The monoisotopic (exact) mass is 237 g/mol. The summed E-state index contributed by atoms with van der Waals surface area (Å²) in [6.07, 6.45) is 9.23. The van der Waals surface area contributed by atoms with Crippen LogP contribution in [0.1, 0.15) is 45.6 Å². The second kappa shape index (κ2) is 6.05. The van der Waals surface area contributed by atoms with Crippen molar-refractivity contribution >= 4 is 5.95 Å². The third-order valence-corrected chi connectivity index (χ3v) is 3.33. The summed E-state index contributed by atoms with van der Waals surface area (Å²) in [6.45, 7) is 5.65. The first-order chi connectivity index (χ1) is 8.31. The fraction of sp³-hybridized carbons (Fsp3) is 0.769. The Morgan fingerprint density at radius 1 is 1.53 bits per heavy atom. The Labute approximate surface area is 103 Å². The van der Waals surface area contributed by atoms with Gasteiger partial charge in [0.25, 0.3) is 0 Å². The molecule has 0 aromatic carbocycles. The van der Waals surface area contributed by atoms with Gasteiger partial charge in [0.1, 0.15) is 0 Å². The molecule has 0 spiro atoms. The molecule has 96 valence electrons. The molecule has 1 aliphatic carbocycles. The smallest absolute Gasteiger partial charge is 0.203 e. The number of hydrogen-bond acceptors (Lipinski definition) is 3. The van der Waals surface area contributed by atoms with Crippen LogP contribution < -0.4 is 5.32 Å². The minimum atomic E-state index is 0.303. The predicted molar refractivity (Wildman–Crippen MR) is 69.3 cm³/mol. The fourth-order valence-electron chi connectivity index (χ4n) is 2.46. The van der Waals surface area contributed by atoms with Crippen LogP contribution in [0.2, 0.25) is 0 Å². The van der Waals surface area contributed by atoms with Crippen LogP contribution >= 0.6 is 0 Å². The number of aromatic nitrogens is 2. The molecule has 1 fully saturated rings. The zero-order valence-corrected chi connectivity index (χ0v) is 10.9. The molecule has 4 heteroatoms. The van der Waals surface area contributed by atoms with Gasteiger partial charge in [0.2, 0.25) is 5.95 Å². The van der Waals surface area contributed by atoms with E-state index in [0.717, 1.165) is 19.2 Å². The zero-order valence-electron chi connectivity index (χ0n) is 10.9. The molecule has 1 aliphatic rings. The summed E-state index contributed by atoms with van der Waals surface area (Å²) >= 11 is 0. The molecule has 1 N–H and O–H groups in total. The van der Waals surface area contributed by atoms with Crippen molar-refractivity contribution in [2.45, 2.75) is 51.6 Å². The van der Waals surface area contributed by atoms with Gasteiger partial charge in [-0.2, -0.15) is 0 Å². The molecule has 0 saturated heterocycles. The van der Waals surface area contributed by atoms with Crippen LogP contribution in [0, 0.1) is 0 Å². The molecule has 1 atom stereocenters. The average Bonchev–Trinajstić information content (AvgIpc) is 2.95. The Kier molecular flexibility index (Phi) is 4.42. The number of nitrogens with zero attached hydrogens (tertiary/aromatic N) is 2. The summed E-state index contributed by atoms with van der Waals surface area (Å²) in [6, 6.07) is 0.941. The van der Waals surface area contributed by atoms with Crippen molar-refractivity contribution in [3.8, 4) is 0 Å². The highest BCUT2D eigenvalue weighted by Crippen LogP contribution is 2.31. The lowest BCUT2D eigenvalue weighted by atomic mass is 10.2. The Balaban J connectivity index is 1.93. The third-order valence-electron chi connectivity index (χ3n) is 3.33. The standard InChI is InChI=1S/C13H23N3O/c1-3-17-10-11(2)15-13-14-8-9-16(13)12-6-4-5-7-12/h8-9,11-12H,3-7,10H2,1-2H3,(H,14,15). The summed E-state index contributed by atoms with van der Waals surface area (Å²) in [5.74, 6) is 0.990. The molecule has 1 aromatic rings. The topological polar surface area (TPSA) is 39.1 Å². The van der Waals surface area contributed by atoms with Crippen molar-refractivity contribution in [2.24, 2.45) is 0 Å². The lowest BCUT2D eigenvalue weighted by Crippen LogP contribution is -2.24. The summed E-state index contributed by atoms with van der Waals surface area (Å²) in [5.41, 5.74) is 0. The summed E-state index contributed by atoms with van der Waals surface area (Å²) in [5, 5.41) is 3.43. The minimum Gasteiger partial charge on any atom is -0.380 e. The van der Waals surface area contributed by atoms with Crippen LogP contribution in [0.4, 0.5) is 5.95 Å². The van der Waals surface area contributed by atoms with Crippen molar-refractivity contribution < 1.29 is 4.74 Å². The highest BCUT2D eigenvalue weighted by Gasteiger charge is 2.19. The second-order valence-corrected chi connectivity index (χ2v) is 4.80. The first kappa shape index (κ1) is 12.4. The van der Waals surface area contributed by atoms with Crippen LogP contribution in [-0.4, -0.2) is 28.8 Å². The average molecular weight is 237 g/mol. The van der Waals surface area contributed by atoms with Gasteiger partial charge in [0.05, 0.1) is 6.61 Å². The molecule has 1 aromatic heterocycles. The number of nitrogens with one attached hydrogen (secondary N) is 1. The van der Waals surface area contributed by atoms with Crippen molar-refractivity contribution in [1.82, 2.24) is 9.55 Å². The maximum Gasteiger partial charge on any atom is 0.203 e. The quantitative estimate of drug-likeness (QED) is 0.827. The van der Waals surface area contributed by atoms with E-state index in [4.69, 9.17) is 4.74 Å². The Morgan fingerprint density at radius 2 is 2.29 bits per heavy atom. The molecule has 1 saturated carbocycles. The second-order valence-electron chi connectivity index (χ2n) is 4.80. The summed E-state index contributed by atoms with van der Waals surface area (Å²) in [4.78, 5) is 4.41. The van der Waals surface area contributed by atoms with E-state index in [1.807, 2.05) is 13.1 Å². The molecule has 17 heavy (non-hydrogen) atoms. The summed E-state index contributed by atoms with van der Waals surface area (Å²) < 4.78 is 7.70. The van der Waals surface area contributed by atoms with Crippen LogP contribution in [0.15, 0.2) is 12.4 Å². The van der Waals surface area contributed by atoms with E-state index in [2.05, 4.69) is 28.0 Å². The normalized spacial score (nSPS) is 18.5. The molecule has 4 nitrogen and oxygen atoms in total. The van der Waals surface area contributed by atoms with Crippen LogP contribution in [0.25, 0.3) is 0 Å². The van der Waals surface area contributed by atoms with Crippen molar-refractivity contribution in [2.75, 3.05) is 18.5 Å². The van der Waals surface area contributed by atoms with E-state index in [9.17, 15) is 0 Å². The van der Waals surface area contributed by atoms with Gasteiger partial charge in [-0.3, -0.25) is 0 Å². The molecule has 0 radical (unpaired) electrons. The van der Waals surface area contributed by atoms with E-state index in [1.165, 1.54) is 25.7 Å². The Bertz CT molecular complexity index is 331. The van der Waals surface area contributed by atoms with Gasteiger partial charge < -0.3 is 14.6 Å². The molecule has 2 rings (SSSR count). The first-order valence-electron chi connectivity index (χ1n) is 6.68. The lowest BCUT2D eigenvalue weighted by molar-refractivity contribution is 0.141. The van der Waals surface area contributed by atoms with Gasteiger partial charge in [-0.05, 0) is 26.7 Å². The molecule has 0 bridgehead atoms. The first-order valence-corrected chi connectivity index (χ1v) is 6.68. The van der Waals surface area contributed by atoms with E-state index in [0.29, 0.717) is 12.1 Å². The molecule has 0 aliphatic heterocycles. The number of rotatable bonds is 6. The molecule has 1 unspecified atom stereocenters. The highest BCUT2D eigenvalue weighted by atomic mass is 16.5. The Hall–Kier alpha value is -1.03. The van der Waals surface area contributed by atoms with Crippen LogP contribution in [0.5, 0.6) is 0 Å². The largest absolute Gasteiger partial charge is 0.380 e. The van der Waals surface area contributed by atoms with Crippen LogP contribution in [0.3, 0.4) is 0 Å². The van der Waals surface area contributed by atoms with Crippen molar-refractivity contribution in [3.05, 3.63) is 12.4 Å². The van der Waals surface area contributed by atoms with Crippen LogP contribution in [-0.2, 0) is 4.74 Å². The SMILES string of the molecule is CCOCC(C)Nc1nccn1C1CCCC1. The molecule has 0 amide bonds. The van der Waals surface area contributed by atoms with E-state index in [-0.39, 0.29) is 0 Å². The zero-order chi connectivity index (χ0) is 12.1. The lowest BCUT2D eigenvalue weighted by Gasteiger charge is -2.19. The predicted octanol–water partition coefficient (Wildman–Crippen LogP) is 2.84. The maximum atomic E-state index is 5.41. The Morgan fingerprint density at radius 3 is 3.00 bits per heavy atom. The number of ether oxygens (including phenoxy) is 1. The number of anilines is 1. The fourth-order valence-corrected chi connectivity index (χ4v) is 2.46. The highest BCUT2D eigenvalue weighted by molar-refractivity contribution is 5.28. The molecule has 1 heterocycles. The third kappa shape index (κ3) is 3.22. The number of hydrogen-bond donors (Lipinski definition) is 1. The molecular formula is C13H23N3O. The van der Waals surface area contributed by atoms with Gasteiger partial charge in [-0.25, -0.2) is 4.98 Å². The van der Waals surface area contributed by atoms with E-state index in [1.54, 1.807) is 0 Å². The van der Waals surface area contributed by atoms with E-state index >= 15 is 0 Å². The minimum absolute atomic E-state index is 0.303. The van der Waals surface area contributed by atoms with Gasteiger partial charge in [0.15, 0.2) is 0 Å². The summed E-state index contributed by atoms with van der Waals surface area (Å²) in [7, 11) is 0. The van der Waals surface area contributed by atoms with Gasteiger partial charge >= 0.3 is 0 Å². The van der Waals surface area contributed by atoms with Gasteiger partial charge in [-0.15, -0.1) is 0 Å². The van der Waals surface area contributed by atoms with Gasteiger partial charge in [-0.1, -0.05) is 12.8 Å². The molecular weight excluding hydrogens is 214 g/mol.